The first-order chi connectivity index (χ1) is 7.15. The van der Waals surface area contributed by atoms with Gasteiger partial charge in [0.05, 0.1) is 4.90 Å². The van der Waals surface area contributed by atoms with Gasteiger partial charge >= 0.3 is 0 Å². The minimum Gasteiger partial charge on any atom is -0.302 e. The topological polar surface area (TPSA) is 37.3 Å². The quantitative estimate of drug-likeness (QED) is 0.779. The zero-order valence-electron chi connectivity index (χ0n) is 9.27. The lowest BCUT2D eigenvalue weighted by molar-refractivity contribution is 0.564. The van der Waals surface area contributed by atoms with Gasteiger partial charge in [0.1, 0.15) is 0 Å². The number of rotatable bonds is 5. The summed E-state index contributed by atoms with van der Waals surface area (Å²) in [6.07, 6.45) is 3.62. The highest BCUT2D eigenvalue weighted by atomic mass is 32.2. The summed E-state index contributed by atoms with van der Waals surface area (Å²) >= 11 is -1.86. The Bertz CT molecular complexity index is 319. The van der Waals surface area contributed by atoms with Crippen molar-refractivity contribution < 1.29 is 8.76 Å². The molecule has 3 heteroatoms. The molecule has 0 saturated carbocycles. The van der Waals surface area contributed by atoms with Crippen LogP contribution in [0.25, 0.3) is 0 Å². The summed E-state index contributed by atoms with van der Waals surface area (Å²) in [5.74, 6) is 0.533. The highest BCUT2D eigenvalue weighted by Crippen LogP contribution is 2.22. The summed E-state index contributed by atoms with van der Waals surface area (Å²) in [5.41, 5.74) is 1.25. The largest absolute Gasteiger partial charge is 0.302 e. The Kier molecular flexibility index (Phi) is 4.99. The van der Waals surface area contributed by atoms with Gasteiger partial charge in [-0.05, 0) is 30.0 Å². The zero-order valence-corrected chi connectivity index (χ0v) is 10.1. The van der Waals surface area contributed by atoms with E-state index in [4.69, 9.17) is 4.55 Å². The standard InChI is InChI=1S/C12H18O2S/c1-3-4-5-10(2)11-6-8-12(9-7-11)15(13)14/h6-10H,3-5H2,1-2H3,(H,13,14). The Morgan fingerprint density at radius 2 is 1.93 bits per heavy atom. The summed E-state index contributed by atoms with van der Waals surface area (Å²) in [4.78, 5) is 0.474. The molecule has 0 aliphatic carbocycles. The van der Waals surface area contributed by atoms with Crippen molar-refractivity contribution in [3.05, 3.63) is 29.8 Å². The fourth-order valence-corrected chi connectivity index (χ4v) is 1.96. The molecule has 0 fully saturated rings. The first-order valence-corrected chi connectivity index (χ1v) is 6.46. The van der Waals surface area contributed by atoms with E-state index >= 15 is 0 Å². The molecule has 0 saturated heterocycles. The molecule has 1 aromatic rings. The highest BCUT2D eigenvalue weighted by molar-refractivity contribution is 7.79. The fraction of sp³-hybridized carbons (Fsp3) is 0.500. The van der Waals surface area contributed by atoms with E-state index in [1.165, 1.54) is 24.8 Å². The van der Waals surface area contributed by atoms with E-state index in [2.05, 4.69) is 13.8 Å². The molecule has 0 amide bonds. The zero-order chi connectivity index (χ0) is 11.3. The molecule has 0 bridgehead atoms. The normalized spacial score (nSPS) is 14.9. The van der Waals surface area contributed by atoms with E-state index in [0.717, 1.165) is 0 Å². The highest BCUT2D eigenvalue weighted by Gasteiger charge is 2.05. The Morgan fingerprint density at radius 1 is 1.33 bits per heavy atom. The maximum absolute atomic E-state index is 10.8. The average Bonchev–Trinajstić information content (AvgIpc) is 2.26. The Labute approximate surface area is 94.0 Å². The van der Waals surface area contributed by atoms with Crippen molar-refractivity contribution in [2.75, 3.05) is 0 Å². The van der Waals surface area contributed by atoms with Crippen LogP contribution >= 0.6 is 0 Å². The van der Waals surface area contributed by atoms with E-state index in [0.29, 0.717) is 10.8 Å². The summed E-state index contributed by atoms with van der Waals surface area (Å²) in [6.45, 7) is 4.38. The van der Waals surface area contributed by atoms with Gasteiger partial charge in [-0.3, -0.25) is 0 Å². The first-order valence-electron chi connectivity index (χ1n) is 5.36. The number of benzene rings is 1. The Morgan fingerprint density at radius 3 is 2.40 bits per heavy atom. The average molecular weight is 226 g/mol. The van der Waals surface area contributed by atoms with Crippen molar-refractivity contribution in [1.29, 1.82) is 0 Å². The number of hydrogen-bond acceptors (Lipinski definition) is 1. The molecule has 0 aliphatic rings. The lowest BCUT2D eigenvalue weighted by Crippen LogP contribution is -1.95. The van der Waals surface area contributed by atoms with Gasteiger partial charge in [-0.2, -0.15) is 0 Å². The van der Waals surface area contributed by atoms with E-state index in [-0.39, 0.29) is 0 Å². The predicted octanol–water partition coefficient (Wildman–Crippen LogP) is 3.56. The Hall–Kier alpha value is -0.670. The molecule has 0 aliphatic heterocycles. The summed E-state index contributed by atoms with van der Waals surface area (Å²) < 4.78 is 19.6. The lowest BCUT2D eigenvalue weighted by Gasteiger charge is -2.11. The molecule has 1 aromatic carbocycles. The van der Waals surface area contributed by atoms with Crippen molar-refractivity contribution >= 4 is 11.1 Å². The molecule has 84 valence electrons. The first kappa shape index (κ1) is 12.4. The number of unbranched alkanes of at least 4 members (excludes halogenated alkanes) is 1. The van der Waals surface area contributed by atoms with Crippen molar-refractivity contribution in [3.63, 3.8) is 0 Å². The minimum atomic E-state index is -1.86. The van der Waals surface area contributed by atoms with Crippen LogP contribution in [0.5, 0.6) is 0 Å². The molecule has 1 rings (SSSR count). The smallest absolute Gasteiger partial charge is 0.186 e. The van der Waals surface area contributed by atoms with E-state index in [9.17, 15) is 4.21 Å². The van der Waals surface area contributed by atoms with Gasteiger partial charge in [-0.15, -0.1) is 0 Å². The molecule has 15 heavy (non-hydrogen) atoms. The third-order valence-corrected chi connectivity index (χ3v) is 3.32. The van der Waals surface area contributed by atoms with Gasteiger partial charge < -0.3 is 4.55 Å². The molecule has 2 unspecified atom stereocenters. The molecule has 0 radical (unpaired) electrons. The van der Waals surface area contributed by atoms with Crippen LogP contribution in [0.3, 0.4) is 0 Å². The second-order valence-corrected chi connectivity index (χ2v) is 4.83. The molecule has 0 spiro atoms. The molecule has 2 atom stereocenters. The fourth-order valence-electron chi connectivity index (χ4n) is 1.59. The van der Waals surface area contributed by atoms with Gasteiger partial charge in [-0.1, -0.05) is 38.8 Å². The minimum absolute atomic E-state index is 0.474. The molecule has 1 N–H and O–H groups in total. The van der Waals surface area contributed by atoms with Gasteiger partial charge in [0.15, 0.2) is 11.1 Å². The summed E-state index contributed by atoms with van der Waals surface area (Å²) in [5, 5.41) is 0. The molecule has 0 aromatic heterocycles. The second-order valence-electron chi connectivity index (χ2n) is 3.86. The monoisotopic (exact) mass is 226 g/mol. The molecule has 2 nitrogen and oxygen atoms in total. The molecular formula is C12H18O2S. The van der Waals surface area contributed by atoms with Crippen LogP contribution in [-0.2, 0) is 11.1 Å². The van der Waals surface area contributed by atoms with Crippen LogP contribution in [0.15, 0.2) is 29.2 Å². The van der Waals surface area contributed by atoms with Crippen molar-refractivity contribution in [3.8, 4) is 0 Å². The predicted molar refractivity (Wildman–Crippen MR) is 63.4 cm³/mol. The maximum atomic E-state index is 10.8. The van der Waals surface area contributed by atoms with Crippen LogP contribution < -0.4 is 0 Å². The van der Waals surface area contributed by atoms with Crippen molar-refractivity contribution in [1.82, 2.24) is 0 Å². The second kappa shape index (κ2) is 6.03. The van der Waals surface area contributed by atoms with Crippen molar-refractivity contribution in [2.24, 2.45) is 0 Å². The summed E-state index contributed by atoms with van der Waals surface area (Å²) in [7, 11) is 0. The third-order valence-electron chi connectivity index (χ3n) is 2.64. The summed E-state index contributed by atoms with van der Waals surface area (Å²) in [6, 6.07) is 7.36. The van der Waals surface area contributed by atoms with Gasteiger partial charge in [0, 0.05) is 0 Å². The SMILES string of the molecule is CCCCC(C)c1ccc(S(=O)O)cc1. The van der Waals surface area contributed by atoms with Crippen LogP contribution in [0.4, 0.5) is 0 Å². The van der Waals surface area contributed by atoms with Crippen LogP contribution in [-0.4, -0.2) is 8.76 Å². The van der Waals surface area contributed by atoms with Crippen LogP contribution in [0, 0.1) is 0 Å². The third kappa shape index (κ3) is 3.76. The molecule has 0 heterocycles. The molecular weight excluding hydrogens is 208 g/mol. The van der Waals surface area contributed by atoms with Gasteiger partial charge in [-0.25, -0.2) is 4.21 Å². The van der Waals surface area contributed by atoms with E-state index < -0.39 is 11.1 Å². The number of hydrogen-bond donors (Lipinski definition) is 1. The lowest BCUT2D eigenvalue weighted by atomic mass is 9.96. The van der Waals surface area contributed by atoms with Gasteiger partial charge in [0.25, 0.3) is 0 Å². The van der Waals surface area contributed by atoms with Gasteiger partial charge in [0.2, 0.25) is 0 Å². The van der Waals surface area contributed by atoms with Crippen LogP contribution in [0.1, 0.15) is 44.6 Å². The van der Waals surface area contributed by atoms with Crippen LogP contribution in [0.2, 0.25) is 0 Å². The Balaban J connectivity index is 2.66. The van der Waals surface area contributed by atoms with E-state index in [1.54, 1.807) is 12.1 Å². The van der Waals surface area contributed by atoms with Crippen molar-refractivity contribution in [2.45, 2.75) is 43.9 Å². The van der Waals surface area contributed by atoms with E-state index in [1.807, 2.05) is 12.1 Å². The maximum Gasteiger partial charge on any atom is 0.186 e.